The van der Waals surface area contributed by atoms with E-state index in [9.17, 15) is 10.2 Å². The predicted octanol–water partition coefficient (Wildman–Crippen LogP) is 3.23. The highest BCUT2D eigenvalue weighted by atomic mass is 79.9. The van der Waals surface area contributed by atoms with Crippen molar-refractivity contribution in [2.45, 2.75) is 31.5 Å². The van der Waals surface area contributed by atoms with Crippen LogP contribution in [0.15, 0.2) is 22.7 Å². The number of benzene rings is 1. The molecule has 20 heavy (non-hydrogen) atoms. The topological polar surface area (TPSA) is 43.7 Å². The maximum Gasteiger partial charge on any atom is 0.0816 e. The third-order valence-electron chi connectivity index (χ3n) is 3.89. The van der Waals surface area contributed by atoms with Gasteiger partial charge in [0.1, 0.15) is 0 Å². The van der Waals surface area contributed by atoms with Crippen molar-refractivity contribution in [3.05, 3.63) is 33.3 Å². The van der Waals surface area contributed by atoms with Crippen molar-refractivity contribution in [1.29, 1.82) is 0 Å². The number of rotatable bonds is 6. The lowest BCUT2D eigenvalue weighted by molar-refractivity contribution is 0.0262. The highest BCUT2D eigenvalue weighted by molar-refractivity contribution is 9.10. The number of halogens is 2. The lowest BCUT2D eigenvalue weighted by Crippen LogP contribution is -2.37. The van der Waals surface area contributed by atoms with E-state index in [1.807, 2.05) is 12.1 Å². The van der Waals surface area contributed by atoms with E-state index in [1.54, 1.807) is 6.07 Å². The molecular weight excluding hydrogens is 342 g/mol. The highest BCUT2D eigenvalue weighted by Gasteiger charge is 2.27. The first kappa shape index (κ1) is 16.2. The van der Waals surface area contributed by atoms with Gasteiger partial charge in [-0.1, -0.05) is 33.6 Å². The van der Waals surface area contributed by atoms with Crippen LogP contribution in [0.3, 0.4) is 0 Å². The molecule has 3 nitrogen and oxygen atoms in total. The molecule has 0 amide bonds. The lowest BCUT2D eigenvalue weighted by atomic mass is 9.82. The molecule has 112 valence electrons. The van der Waals surface area contributed by atoms with E-state index < -0.39 is 6.10 Å². The van der Waals surface area contributed by atoms with E-state index in [0.29, 0.717) is 17.4 Å². The Bertz CT molecular complexity index is 451. The summed E-state index contributed by atoms with van der Waals surface area (Å²) in [4.78, 5) is 2.21. The first-order chi connectivity index (χ1) is 9.45. The second-order valence-electron chi connectivity index (χ2n) is 5.72. The second kappa shape index (κ2) is 7.23. The van der Waals surface area contributed by atoms with Crippen LogP contribution in [0.25, 0.3) is 0 Å². The molecule has 1 aromatic rings. The summed E-state index contributed by atoms with van der Waals surface area (Å²) in [6.07, 6.45) is 1.84. The molecule has 2 rings (SSSR count). The zero-order chi connectivity index (χ0) is 14.7. The van der Waals surface area contributed by atoms with Crippen molar-refractivity contribution in [3.63, 3.8) is 0 Å². The quantitative estimate of drug-likeness (QED) is 0.816. The van der Waals surface area contributed by atoms with E-state index in [2.05, 4.69) is 27.9 Å². The first-order valence-corrected chi connectivity index (χ1v) is 8.12. The van der Waals surface area contributed by atoms with E-state index in [1.165, 1.54) is 0 Å². The van der Waals surface area contributed by atoms with Crippen LogP contribution in [0, 0.1) is 5.92 Å². The third-order valence-corrected chi connectivity index (χ3v) is 4.71. The molecule has 0 spiro atoms. The van der Waals surface area contributed by atoms with E-state index in [0.717, 1.165) is 36.0 Å². The van der Waals surface area contributed by atoms with Gasteiger partial charge in [0.2, 0.25) is 0 Å². The molecular formula is C15H21BrClNO2. The van der Waals surface area contributed by atoms with Gasteiger partial charge in [0.25, 0.3) is 0 Å². The van der Waals surface area contributed by atoms with Crippen LogP contribution in [-0.4, -0.2) is 41.4 Å². The van der Waals surface area contributed by atoms with Gasteiger partial charge in [0.05, 0.1) is 12.2 Å². The Kier molecular flexibility index (Phi) is 5.87. The maximum atomic E-state index is 10.2. The third kappa shape index (κ3) is 4.43. The van der Waals surface area contributed by atoms with Crippen molar-refractivity contribution in [1.82, 2.24) is 4.90 Å². The minimum Gasteiger partial charge on any atom is -0.393 e. The SMILES string of the molecule is CN(CCC(O)c1ccc(Br)cc1Cl)CC1CC(O)C1. The van der Waals surface area contributed by atoms with Crippen molar-refractivity contribution < 1.29 is 10.2 Å². The molecule has 1 aromatic carbocycles. The van der Waals surface area contributed by atoms with Gasteiger partial charge < -0.3 is 15.1 Å². The van der Waals surface area contributed by atoms with Crippen LogP contribution in [0.1, 0.15) is 30.9 Å². The molecule has 1 aliphatic carbocycles. The summed E-state index contributed by atoms with van der Waals surface area (Å²) >= 11 is 9.50. The Morgan fingerprint density at radius 1 is 1.45 bits per heavy atom. The lowest BCUT2D eigenvalue weighted by Gasteiger charge is -2.34. The average Bonchev–Trinajstić information content (AvgIpc) is 2.34. The molecule has 2 N–H and O–H groups in total. The molecule has 1 saturated carbocycles. The predicted molar refractivity (Wildman–Crippen MR) is 85.0 cm³/mol. The van der Waals surface area contributed by atoms with Crippen molar-refractivity contribution in [2.75, 3.05) is 20.1 Å². The van der Waals surface area contributed by atoms with E-state index in [4.69, 9.17) is 11.6 Å². The summed E-state index contributed by atoms with van der Waals surface area (Å²) in [6.45, 7) is 1.80. The molecule has 0 aliphatic heterocycles. The van der Waals surface area contributed by atoms with Crippen LogP contribution in [0.5, 0.6) is 0 Å². The van der Waals surface area contributed by atoms with Crippen molar-refractivity contribution in [3.8, 4) is 0 Å². The molecule has 1 aliphatic rings. The number of aliphatic hydroxyl groups is 2. The van der Waals surface area contributed by atoms with Gasteiger partial charge in [-0.2, -0.15) is 0 Å². The fraction of sp³-hybridized carbons (Fsp3) is 0.600. The molecule has 0 radical (unpaired) electrons. The standard InChI is InChI=1S/C15H21BrClNO2/c1-18(9-10-6-12(19)7-10)5-4-15(20)13-3-2-11(16)8-14(13)17/h2-3,8,10,12,15,19-20H,4-7,9H2,1H3. The summed E-state index contributed by atoms with van der Waals surface area (Å²) in [7, 11) is 2.06. The molecule has 0 heterocycles. The minimum atomic E-state index is -0.537. The van der Waals surface area contributed by atoms with Gasteiger partial charge in [0, 0.05) is 22.6 Å². The van der Waals surface area contributed by atoms with Gasteiger partial charge in [-0.15, -0.1) is 0 Å². The maximum absolute atomic E-state index is 10.2. The molecule has 5 heteroatoms. The number of hydrogen-bond donors (Lipinski definition) is 2. The van der Waals surface area contributed by atoms with Crippen molar-refractivity contribution in [2.24, 2.45) is 5.92 Å². The van der Waals surface area contributed by atoms with Gasteiger partial charge in [0.15, 0.2) is 0 Å². The molecule has 1 unspecified atom stereocenters. The molecule has 0 saturated heterocycles. The number of nitrogens with zero attached hydrogens (tertiary/aromatic N) is 1. The zero-order valence-electron chi connectivity index (χ0n) is 11.6. The normalized spacial score (nSPS) is 23.7. The Labute approximate surface area is 133 Å². The summed E-state index contributed by atoms with van der Waals surface area (Å²) < 4.78 is 0.916. The van der Waals surface area contributed by atoms with E-state index >= 15 is 0 Å². The summed E-state index contributed by atoms with van der Waals surface area (Å²) in [5, 5.41) is 20.1. The van der Waals surface area contributed by atoms with Gasteiger partial charge >= 0.3 is 0 Å². The highest BCUT2D eigenvalue weighted by Crippen LogP contribution is 2.29. The Morgan fingerprint density at radius 2 is 2.15 bits per heavy atom. The smallest absolute Gasteiger partial charge is 0.0816 e. The zero-order valence-corrected chi connectivity index (χ0v) is 13.9. The Morgan fingerprint density at radius 3 is 2.75 bits per heavy atom. The summed E-state index contributed by atoms with van der Waals surface area (Å²) in [5.41, 5.74) is 0.780. The second-order valence-corrected chi connectivity index (χ2v) is 7.05. The van der Waals surface area contributed by atoms with Crippen LogP contribution >= 0.6 is 27.5 Å². The molecule has 0 bridgehead atoms. The van der Waals surface area contributed by atoms with Gasteiger partial charge in [-0.05, 0) is 49.9 Å². The van der Waals surface area contributed by atoms with Crippen LogP contribution < -0.4 is 0 Å². The fourth-order valence-electron chi connectivity index (χ4n) is 2.65. The Balaban J connectivity index is 1.77. The van der Waals surface area contributed by atoms with Gasteiger partial charge in [-0.25, -0.2) is 0 Å². The summed E-state index contributed by atoms with van der Waals surface area (Å²) in [5.74, 6) is 0.600. The largest absolute Gasteiger partial charge is 0.393 e. The average molecular weight is 363 g/mol. The fourth-order valence-corrected chi connectivity index (χ4v) is 3.45. The number of aliphatic hydroxyl groups excluding tert-OH is 2. The van der Waals surface area contributed by atoms with Crippen LogP contribution in [0.4, 0.5) is 0 Å². The van der Waals surface area contributed by atoms with Crippen LogP contribution in [-0.2, 0) is 0 Å². The first-order valence-electron chi connectivity index (χ1n) is 6.95. The van der Waals surface area contributed by atoms with Gasteiger partial charge in [-0.3, -0.25) is 0 Å². The number of hydrogen-bond acceptors (Lipinski definition) is 3. The summed E-state index contributed by atoms with van der Waals surface area (Å²) in [6, 6.07) is 5.56. The molecule has 1 atom stereocenters. The molecule has 0 aromatic heterocycles. The minimum absolute atomic E-state index is 0.0967. The molecule has 1 fully saturated rings. The van der Waals surface area contributed by atoms with Crippen LogP contribution in [0.2, 0.25) is 5.02 Å². The van der Waals surface area contributed by atoms with Crippen molar-refractivity contribution >= 4 is 27.5 Å². The monoisotopic (exact) mass is 361 g/mol. The Hall–Kier alpha value is -0.130. The van der Waals surface area contributed by atoms with E-state index in [-0.39, 0.29) is 6.10 Å².